The lowest BCUT2D eigenvalue weighted by Gasteiger charge is -2.02. The maximum absolute atomic E-state index is 12.6. The number of carbonyl (C=O) groups excluding carboxylic acids is 1. The lowest BCUT2D eigenvalue weighted by molar-refractivity contribution is 0.0997. The summed E-state index contributed by atoms with van der Waals surface area (Å²) in [6.07, 6.45) is 5.48. The normalized spacial score (nSPS) is 12.0. The number of amides is 1. The molecule has 128 valence electrons. The van der Waals surface area contributed by atoms with Crippen molar-refractivity contribution < 1.29 is 4.79 Å². The maximum Gasteiger partial charge on any atom is 0.308 e. The Kier molecular flexibility index (Phi) is 4.55. The highest BCUT2D eigenvalue weighted by Crippen LogP contribution is 2.32. The van der Waals surface area contributed by atoms with Gasteiger partial charge in [-0.2, -0.15) is 4.99 Å². The standard InChI is InChI=1S/C18H9Cl2N3OS2/c1-2-9-23-15-13(8-7-10(19)14(15)20)26-18(23)22-16(24)17-21-11-5-3-4-6-12(11)25-17/h1,3-8H,9H2. The number of benzene rings is 2. The van der Waals surface area contributed by atoms with E-state index in [2.05, 4.69) is 15.9 Å². The average Bonchev–Trinajstić information content (AvgIpc) is 3.21. The van der Waals surface area contributed by atoms with E-state index in [1.807, 2.05) is 30.3 Å². The molecule has 1 amide bonds. The molecule has 0 spiro atoms. The van der Waals surface area contributed by atoms with Crippen molar-refractivity contribution in [2.24, 2.45) is 4.99 Å². The van der Waals surface area contributed by atoms with Crippen LogP contribution in [0.5, 0.6) is 0 Å². The van der Waals surface area contributed by atoms with Crippen molar-refractivity contribution in [3.63, 3.8) is 0 Å². The maximum atomic E-state index is 12.6. The van der Waals surface area contributed by atoms with Gasteiger partial charge in [-0.05, 0) is 24.3 Å². The van der Waals surface area contributed by atoms with Crippen LogP contribution < -0.4 is 4.80 Å². The first-order valence-electron chi connectivity index (χ1n) is 7.44. The van der Waals surface area contributed by atoms with Crippen molar-refractivity contribution in [2.75, 3.05) is 0 Å². The lowest BCUT2D eigenvalue weighted by Crippen LogP contribution is -2.16. The first-order chi connectivity index (χ1) is 12.6. The van der Waals surface area contributed by atoms with Crippen molar-refractivity contribution in [1.82, 2.24) is 9.55 Å². The van der Waals surface area contributed by atoms with Crippen LogP contribution in [0.2, 0.25) is 10.0 Å². The van der Waals surface area contributed by atoms with Crippen molar-refractivity contribution in [3.05, 3.63) is 56.3 Å². The molecule has 4 nitrogen and oxygen atoms in total. The molecule has 0 saturated heterocycles. The van der Waals surface area contributed by atoms with Gasteiger partial charge in [-0.25, -0.2) is 4.98 Å². The van der Waals surface area contributed by atoms with Gasteiger partial charge in [0.05, 0.1) is 37.0 Å². The van der Waals surface area contributed by atoms with Gasteiger partial charge in [-0.3, -0.25) is 4.79 Å². The molecule has 4 rings (SSSR count). The van der Waals surface area contributed by atoms with Crippen LogP contribution in [0.4, 0.5) is 0 Å². The molecule has 0 aliphatic rings. The predicted molar refractivity (Wildman–Crippen MR) is 108 cm³/mol. The van der Waals surface area contributed by atoms with Crippen LogP contribution in [-0.4, -0.2) is 15.5 Å². The van der Waals surface area contributed by atoms with Gasteiger partial charge in [-0.15, -0.1) is 17.8 Å². The second-order valence-electron chi connectivity index (χ2n) is 5.29. The molecular weight excluding hydrogens is 409 g/mol. The number of para-hydroxylation sites is 1. The summed E-state index contributed by atoms with van der Waals surface area (Å²) in [5, 5.41) is 1.15. The predicted octanol–water partition coefficient (Wildman–Crippen LogP) is 4.99. The zero-order chi connectivity index (χ0) is 18.3. The number of halogens is 2. The van der Waals surface area contributed by atoms with Gasteiger partial charge in [-0.1, -0.05) is 52.6 Å². The number of rotatable bonds is 2. The highest BCUT2D eigenvalue weighted by atomic mass is 35.5. The smallest absolute Gasteiger partial charge is 0.303 e. The molecule has 0 N–H and O–H groups in total. The van der Waals surface area contributed by atoms with E-state index in [0.29, 0.717) is 25.4 Å². The van der Waals surface area contributed by atoms with Crippen LogP contribution in [0.3, 0.4) is 0 Å². The Bertz CT molecular complexity index is 1240. The summed E-state index contributed by atoms with van der Waals surface area (Å²) in [6, 6.07) is 11.1. The van der Waals surface area contributed by atoms with Crippen LogP contribution in [0.25, 0.3) is 20.4 Å². The molecule has 4 aromatic rings. The van der Waals surface area contributed by atoms with E-state index in [-0.39, 0.29) is 6.54 Å². The summed E-state index contributed by atoms with van der Waals surface area (Å²) in [7, 11) is 0. The molecule has 0 fully saturated rings. The lowest BCUT2D eigenvalue weighted by atomic mass is 10.3. The topological polar surface area (TPSA) is 47.2 Å². The van der Waals surface area contributed by atoms with Crippen LogP contribution in [0.15, 0.2) is 41.4 Å². The second kappa shape index (κ2) is 6.86. The van der Waals surface area contributed by atoms with E-state index in [0.717, 1.165) is 14.9 Å². The minimum absolute atomic E-state index is 0.228. The van der Waals surface area contributed by atoms with Crippen LogP contribution in [0.1, 0.15) is 9.80 Å². The Morgan fingerprint density at radius 1 is 1.19 bits per heavy atom. The van der Waals surface area contributed by atoms with Crippen molar-refractivity contribution >= 4 is 72.2 Å². The molecule has 0 unspecified atom stereocenters. The molecule has 0 atom stereocenters. The molecule has 8 heteroatoms. The number of carbonyl (C=O) groups is 1. The number of terminal acetylenes is 1. The third-order valence-electron chi connectivity index (χ3n) is 3.66. The highest BCUT2D eigenvalue weighted by molar-refractivity contribution is 7.20. The highest BCUT2D eigenvalue weighted by Gasteiger charge is 2.15. The van der Waals surface area contributed by atoms with Gasteiger partial charge in [0.25, 0.3) is 0 Å². The van der Waals surface area contributed by atoms with E-state index in [9.17, 15) is 4.79 Å². The van der Waals surface area contributed by atoms with E-state index < -0.39 is 5.91 Å². The molecule has 2 aromatic carbocycles. The van der Waals surface area contributed by atoms with Gasteiger partial charge in [0.15, 0.2) is 9.81 Å². The largest absolute Gasteiger partial charge is 0.308 e. The van der Waals surface area contributed by atoms with Gasteiger partial charge in [0.2, 0.25) is 0 Å². The van der Waals surface area contributed by atoms with E-state index in [1.165, 1.54) is 22.7 Å². The Hall–Kier alpha value is -2.17. The summed E-state index contributed by atoms with van der Waals surface area (Å²) in [6.45, 7) is 0.228. The summed E-state index contributed by atoms with van der Waals surface area (Å²) < 4.78 is 3.51. The Morgan fingerprint density at radius 3 is 2.77 bits per heavy atom. The third kappa shape index (κ3) is 2.93. The summed E-state index contributed by atoms with van der Waals surface area (Å²) >= 11 is 15.1. The van der Waals surface area contributed by atoms with E-state index in [4.69, 9.17) is 29.6 Å². The number of thiazole rings is 2. The number of fused-ring (bicyclic) bond motifs is 2. The molecule has 2 aromatic heterocycles. The fourth-order valence-electron chi connectivity index (χ4n) is 2.52. The first kappa shape index (κ1) is 17.3. The molecule has 26 heavy (non-hydrogen) atoms. The monoisotopic (exact) mass is 417 g/mol. The molecule has 0 aliphatic carbocycles. The molecule has 2 heterocycles. The van der Waals surface area contributed by atoms with E-state index >= 15 is 0 Å². The molecule has 0 bridgehead atoms. The van der Waals surface area contributed by atoms with E-state index in [1.54, 1.807) is 10.6 Å². The zero-order valence-corrected chi connectivity index (χ0v) is 16.2. The summed E-state index contributed by atoms with van der Waals surface area (Å²) in [5.74, 6) is 2.16. The SMILES string of the molecule is C#CCn1c(=NC(=O)c2nc3ccccc3s2)sc2ccc(Cl)c(Cl)c21. The van der Waals surface area contributed by atoms with Crippen molar-refractivity contribution in [2.45, 2.75) is 6.54 Å². The number of hydrogen-bond acceptors (Lipinski definition) is 4. The van der Waals surface area contributed by atoms with Crippen LogP contribution in [-0.2, 0) is 6.54 Å². The fraction of sp³-hybridized carbons (Fsp3) is 0.0556. The Labute approximate surface area is 166 Å². The molecule has 0 saturated carbocycles. The summed E-state index contributed by atoms with van der Waals surface area (Å²) in [4.78, 5) is 21.7. The first-order valence-corrected chi connectivity index (χ1v) is 9.83. The molecule has 0 radical (unpaired) electrons. The quantitative estimate of drug-likeness (QED) is 0.431. The minimum Gasteiger partial charge on any atom is -0.303 e. The number of nitrogens with zero attached hydrogens (tertiary/aromatic N) is 3. The van der Waals surface area contributed by atoms with Crippen molar-refractivity contribution in [3.8, 4) is 12.3 Å². The van der Waals surface area contributed by atoms with Crippen LogP contribution in [0, 0.1) is 12.3 Å². The van der Waals surface area contributed by atoms with Crippen molar-refractivity contribution in [1.29, 1.82) is 0 Å². The fourth-order valence-corrected chi connectivity index (χ4v) is 4.89. The van der Waals surface area contributed by atoms with Gasteiger partial charge >= 0.3 is 5.91 Å². The van der Waals surface area contributed by atoms with Gasteiger partial charge < -0.3 is 4.57 Å². The van der Waals surface area contributed by atoms with Gasteiger partial charge in [0, 0.05) is 0 Å². The molecule has 0 aliphatic heterocycles. The Morgan fingerprint density at radius 2 is 2.00 bits per heavy atom. The van der Waals surface area contributed by atoms with Gasteiger partial charge in [0.1, 0.15) is 0 Å². The second-order valence-corrected chi connectivity index (χ2v) is 8.11. The number of hydrogen-bond donors (Lipinski definition) is 0. The minimum atomic E-state index is -0.411. The Balaban J connectivity index is 1.89. The summed E-state index contributed by atoms with van der Waals surface area (Å²) in [5.41, 5.74) is 1.46. The number of aromatic nitrogens is 2. The average molecular weight is 418 g/mol. The van der Waals surface area contributed by atoms with Crippen LogP contribution >= 0.6 is 45.9 Å². The third-order valence-corrected chi connectivity index (χ3v) is 6.52. The zero-order valence-electron chi connectivity index (χ0n) is 13.1. The molecular formula is C18H9Cl2N3OS2.